The summed E-state index contributed by atoms with van der Waals surface area (Å²) >= 11 is 0. The van der Waals surface area contributed by atoms with Gasteiger partial charge in [-0.25, -0.2) is 99.2 Å². The fourth-order valence-electron chi connectivity index (χ4n) is 13.6. The summed E-state index contributed by atoms with van der Waals surface area (Å²) in [6, 6.07) is -17.4. The first-order valence-corrected chi connectivity index (χ1v) is 41.1. The molecule has 0 saturated carbocycles. The first-order chi connectivity index (χ1) is 98.7. The van der Waals surface area contributed by atoms with Crippen LogP contribution in [-0.2, 0) is 28.8 Å². The zero-order valence-corrected chi connectivity index (χ0v) is 77.4. The van der Waals surface area contributed by atoms with Gasteiger partial charge in [-0.15, -0.1) is 0 Å². The van der Waals surface area contributed by atoms with Gasteiger partial charge in [-0.2, -0.15) is 0 Å². The Morgan fingerprint density at radius 1 is 0.326 bits per heavy atom. The predicted molar refractivity (Wildman–Crippen MR) is 556 cm³/mol. The second-order valence-electron chi connectivity index (χ2n) is 30.1. The number of piperidine rings is 6. The molecule has 756 valence electrons. The lowest BCUT2D eigenvalue weighted by molar-refractivity contribution is -0.131. The van der Waals surface area contributed by atoms with Crippen molar-refractivity contribution >= 4 is 137 Å². The van der Waals surface area contributed by atoms with Crippen molar-refractivity contribution in [3.63, 3.8) is 0 Å². The van der Waals surface area contributed by atoms with E-state index in [1.54, 1.807) is 13.8 Å². The first kappa shape index (κ1) is 44.0. The number of amides is 6. The van der Waals surface area contributed by atoms with Crippen LogP contribution in [0.4, 0.5) is 34.9 Å². The van der Waals surface area contributed by atoms with Gasteiger partial charge in [-0.3, -0.25) is 28.8 Å². The van der Waals surface area contributed by atoms with Crippen LogP contribution in [0.3, 0.4) is 0 Å². The minimum absolute atomic E-state index is 0.0147. The molecule has 6 N–H and O–H groups in total. The summed E-state index contributed by atoms with van der Waals surface area (Å²) in [5, 5.41) is -0.746. The maximum absolute atomic E-state index is 13.2. The van der Waals surface area contributed by atoms with E-state index in [0.717, 1.165) is 54.6 Å². The average molecular weight is 2040 g/mol. The third-order valence-electron chi connectivity index (χ3n) is 20.2. The summed E-state index contributed by atoms with van der Waals surface area (Å²) in [4.78, 5) is 157. The van der Waals surface area contributed by atoms with Gasteiger partial charge in [0.25, 0.3) is 39.0 Å². The van der Waals surface area contributed by atoms with E-state index < -0.39 is 376 Å². The van der Waals surface area contributed by atoms with Crippen molar-refractivity contribution in [2.24, 2.45) is 35.4 Å². The van der Waals surface area contributed by atoms with E-state index in [2.05, 4.69) is 119 Å². The van der Waals surface area contributed by atoms with E-state index in [1.807, 2.05) is 0 Å². The Bertz CT molecular complexity index is 10900. The van der Waals surface area contributed by atoms with Gasteiger partial charge in [-0.1, -0.05) is 41.3 Å². The quantitative estimate of drug-likeness (QED) is 0.0435. The maximum atomic E-state index is 13.2. The number of aromatic nitrogens is 18. The van der Waals surface area contributed by atoms with Crippen LogP contribution in [0.25, 0.3) is 95.3 Å². The highest BCUT2D eigenvalue weighted by Crippen LogP contribution is 2.38. The summed E-state index contributed by atoms with van der Waals surface area (Å²) in [5.74, 6) is -31.9. The number of nitrogens with zero attached hydrogens (tertiary/aromatic N) is 30. The molecule has 12 aromatic rings. The van der Waals surface area contributed by atoms with Crippen molar-refractivity contribution < 1.29 is 134 Å². The Labute approximate surface area is 948 Å². The van der Waals surface area contributed by atoms with Gasteiger partial charge < -0.3 is 118 Å². The topological polar surface area (TPSA) is 417 Å². The zero-order valence-electron chi connectivity index (χ0n) is 154. The van der Waals surface area contributed by atoms with E-state index >= 15 is 0 Å². The molecule has 6 saturated heterocycles. The molecule has 6 aliphatic heterocycles. The van der Waals surface area contributed by atoms with Crippen LogP contribution in [0.1, 0.15) is 219 Å². The third-order valence-corrected chi connectivity index (χ3v) is 20.2. The van der Waals surface area contributed by atoms with Crippen molar-refractivity contribution in [2.75, 3.05) is 189 Å². The van der Waals surface area contributed by atoms with Gasteiger partial charge in [0.2, 0.25) is 0 Å². The van der Waals surface area contributed by atoms with Crippen LogP contribution in [0, 0.1) is 116 Å². The van der Waals surface area contributed by atoms with Crippen LogP contribution in [-0.4, -0.2) is 350 Å². The van der Waals surface area contributed by atoms with Gasteiger partial charge in [0.05, 0.1) is 95.9 Å². The van der Waals surface area contributed by atoms with Crippen LogP contribution >= 0.6 is 0 Å². The molecule has 18 rings (SSSR count). The number of aromatic amines is 6. The van der Waals surface area contributed by atoms with Gasteiger partial charge in [0.1, 0.15) is 131 Å². The molecule has 0 aromatic carbocycles. The van der Waals surface area contributed by atoms with Crippen LogP contribution in [0.5, 0.6) is 0 Å². The Kier molecular flexibility index (Phi) is 14.6. The average Bonchev–Trinajstić information content (AvgIpc) is 1.54. The van der Waals surface area contributed by atoms with E-state index in [0.29, 0.717) is 22.0 Å². The van der Waals surface area contributed by atoms with E-state index in [-0.39, 0.29) is 140 Å². The number of aryl methyl sites for hydroxylation is 6. The number of H-pyrrole nitrogens is 6. The molecule has 12 atom stereocenters. The molecule has 6 aliphatic rings. The number of nitrogens with one attached hydrogen (secondary N) is 6. The number of likely N-dealkylation sites (tertiary alicyclic amines) is 6. The molecule has 0 radical (unpaired) electrons. The summed E-state index contributed by atoms with van der Waals surface area (Å²) in [7, 11) is 5.64. The third kappa shape index (κ3) is 24.5. The number of hydrogen-bond acceptors (Lipinski definition) is 24. The van der Waals surface area contributed by atoms with Gasteiger partial charge in [-0.05, 0) is 151 Å². The van der Waals surface area contributed by atoms with E-state index in [9.17, 15) is 31.5 Å². The first-order valence-electron chi connectivity index (χ1n) is 79.6. The highest BCUT2D eigenvalue weighted by molar-refractivity contribution is 5.94. The number of hydrogen-bond donors (Lipinski definition) is 6. The summed E-state index contributed by atoms with van der Waals surface area (Å²) in [6.07, 6.45) is -25.1. The number of carbonyl (C=O) groups is 6. The minimum Gasteiger partial charge on any atom is -0.354 e. The molecule has 0 spiro atoms. The molecule has 6 fully saturated rings. The molecule has 0 unspecified atom stereocenters. The molecule has 18 heterocycles. The largest absolute Gasteiger partial charge is 0.354 e. The van der Waals surface area contributed by atoms with Crippen molar-refractivity contribution in [1.29, 1.82) is 0 Å². The molecule has 12 aromatic heterocycles. The van der Waals surface area contributed by atoms with Crippen LogP contribution in [0.2, 0.25) is 0 Å². The van der Waals surface area contributed by atoms with Crippen molar-refractivity contribution in [3.05, 3.63) is 177 Å². The number of fused-ring (bicyclic) bond motifs is 6. The Balaban J connectivity index is 0.000000211. The lowest BCUT2D eigenvalue weighted by Gasteiger charge is -2.41. The normalized spacial score (nSPS) is 38.5. The molecular weight excluding hydrogens is 1830 g/mol. The van der Waals surface area contributed by atoms with Gasteiger partial charge in [0, 0.05) is 208 Å². The monoisotopic (exact) mass is 2030 g/mol. The Morgan fingerprint density at radius 2 is 0.562 bits per heavy atom. The lowest BCUT2D eigenvalue weighted by atomic mass is 9.92. The summed E-state index contributed by atoms with van der Waals surface area (Å²) in [6.45, 7) is -26.3. The van der Waals surface area contributed by atoms with Gasteiger partial charge >= 0.3 is 35.4 Å². The van der Waals surface area contributed by atoms with E-state index in [4.69, 9.17) is 142 Å². The predicted octanol–water partition coefficient (Wildman–Crippen LogP) is 11.2. The number of carbonyl (C=O) groups excluding carboxylic acids is 6. The molecule has 42 heteroatoms. The van der Waals surface area contributed by atoms with Crippen molar-refractivity contribution in [1.82, 2.24) is 119 Å². The Hall–Kier alpha value is -15.7. The fourth-order valence-corrected chi connectivity index (χ4v) is 13.6. The van der Waals surface area contributed by atoms with Crippen molar-refractivity contribution in [2.45, 2.75) is 157 Å². The molecule has 42 nitrogen and oxygen atoms in total. The van der Waals surface area contributed by atoms with E-state index in [1.165, 1.54) is 48.7 Å². The number of likely N-dealkylation sites (N-methyl/N-ethyl adjacent to an activating group) is 6. The van der Waals surface area contributed by atoms with Gasteiger partial charge in [0.15, 0.2) is 0 Å². The van der Waals surface area contributed by atoms with Crippen LogP contribution < -0.4 is 29.4 Å². The molecule has 0 bridgehead atoms. The molecule has 0 aliphatic carbocycles. The Morgan fingerprint density at radius 3 is 0.861 bits per heavy atom. The zero-order chi connectivity index (χ0) is 172. The van der Waals surface area contributed by atoms with Crippen molar-refractivity contribution in [3.8, 4) is 0 Å². The number of rotatable bonds is 18. The number of anilines is 6. The minimum atomic E-state index is -4.52. The standard InChI is InChI=1S/6C17H22N6O/c6*1-11-5-6-23(15(24)8-18-3)9-14(11)22(4)17-13-7-12(2)21-16(13)19-10-20-17/h6*7,10-11,14H,5-6,8-9H2,1-2,4H3,(H,19,20,21)/t6*11-,14+/m111111/s1/i1D3,4D3,5D2,6D2,7D,8D2,9D2,10D,11D,14D;1D3,5D2,6D2,7D,8D2,9D2,10D,11D;5D2,6D2,7D,8D2,9D2,10D,14D;5D2,6D2,7D,8D2,9D2,10D,11D;1D3,5D2,6D2,7D,8D2,9D2,10D;5D2,6D2,7D,8D2,9D2,10D. The second-order valence-corrected chi connectivity index (χ2v) is 30.1. The highest BCUT2D eigenvalue weighted by atomic mass is 16.2. The lowest BCUT2D eigenvalue weighted by Crippen LogP contribution is -2.53. The molecule has 144 heavy (non-hydrogen) atoms. The smallest absolute Gasteiger partial charge is 0.302 e. The SMILES string of the molecule is [2H]c1nc(N(C([2H])([2H])[2H])[C@@]2([2H])C([2H])([2H])N(C(=O)C([2H])([2H])[N+]#[C-])C([2H])([2H])C([2H])([2H])[C@@]2([2H])C([2H])([2H])[2H])c2c([2H])c(C)[nH]c2n1.[2H]c1nc(N(C)[C@@H]2[C@H](C([2H])([2H])[2H])C([2H])([2H])C([2H])([2H])N(C(=O)C([2H])([2H])[N+]#[C-])C2([2H])[2H])c2c([2H])c(C)[nH]c2n1.[2H]c1nc(N(C)[C@@H]2[C@H](C)C([2H])([2H])C([2H])([2H])N(C(=O)C([2H])([2H])[N+]#[C-])C2([2H])[2H])c2c([2H])c(C)[nH]c2n1.[2H]c1nc(N(C)[C@H]2C([2H])([2H])N(C(=O)C([2H])([2H])[N+]#[C-])C([2H])([2H])C([2H])([2H])[C@@]2([2H])C([2H])([2H])[2H])c2c([2H])c(C)[nH]c2n1.[2H]c1nc(N(C)[C@H]2C([2H])([2H])N(C(=O)C([2H])([2H])[N+]#[C-])C([2H])([2H])C([2H])([2H])[C@@]2([2H])C)c2c([2H])c(C)[nH]c2n1.[2H]c1nc(N(C)[C@]2([2H])[C@H](C)C([2H])([2H])C([2H])([2H])N(C(=O)C([2H])([2H])[N+]#[C-])C2([2H])[2H])c2c([2H])c(C)[nH]c2n1. The summed E-state index contributed by atoms with van der Waals surface area (Å²) < 4.78 is 637. The molecule has 6 amide bonds. The highest BCUT2D eigenvalue weighted by Gasteiger charge is 2.41. The molecular formula is C102H132N36O6. The summed E-state index contributed by atoms with van der Waals surface area (Å²) in [5.41, 5.74) is 1.16. The fraction of sp³-hybridized carbons (Fsp3) is 0.529. The van der Waals surface area contributed by atoms with Crippen LogP contribution in [0.15, 0.2) is 74.1 Å². The second kappa shape index (κ2) is 47.7. The maximum Gasteiger partial charge on any atom is 0.302 e.